The third-order valence-electron chi connectivity index (χ3n) is 6.86. The lowest BCUT2D eigenvalue weighted by atomic mass is 10.0. The van der Waals surface area contributed by atoms with Gasteiger partial charge in [-0.1, -0.05) is 30.3 Å². The number of benzene rings is 2. The first-order valence-electron chi connectivity index (χ1n) is 11.9. The van der Waals surface area contributed by atoms with Crippen LogP contribution in [0.2, 0.25) is 0 Å². The van der Waals surface area contributed by atoms with Crippen molar-refractivity contribution in [2.24, 2.45) is 0 Å². The fourth-order valence-corrected chi connectivity index (χ4v) is 6.25. The number of hydrogen-bond acceptors (Lipinski definition) is 5. The molecule has 1 N–H and O–H groups in total. The Hall–Kier alpha value is -2.71. The number of likely N-dealkylation sites (tertiary alicyclic amines) is 1. The summed E-state index contributed by atoms with van der Waals surface area (Å²) in [5, 5.41) is 2.22. The zero-order valence-electron chi connectivity index (χ0n) is 19.9. The van der Waals surface area contributed by atoms with E-state index < -0.39 is 15.1 Å². The Morgan fingerprint density at radius 1 is 1.06 bits per heavy atom. The van der Waals surface area contributed by atoms with Crippen molar-refractivity contribution >= 4 is 27.3 Å². The van der Waals surface area contributed by atoms with Gasteiger partial charge in [0.05, 0.1) is 10.1 Å². The predicted molar refractivity (Wildman–Crippen MR) is 132 cm³/mol. The van der Waals surface area contributed by atoms with Gasteiger partial charge in [-0.25, -0.2) is 8.42 Å². The van der Waals surface area contributed by atoms with Gasteiger partial charge in [0.1, 0.15) is 0 Å². The summed E-state index contributed by atoms with van der Waals surface area (Å²) >= 11 is 0. The van der Waals surface area contributed by atoms with Crippen molar-refractivity contribution in [3.8, 4) is 0 Å². The molecule has 1 unspecified atom stereocenters. The SMILES string of the molecule is CC(=O)N1CCc2cc(S(=O)(=O)C(C)CC(=O)NC3CCN(Cc4ccccc4)CC3)ccc21. The van der Waals surface area contributed by atoms with Crippen molar-refractivity contribution in [3.63, 3.8) is 0 Å². The van der Waals surface area contributed by atoms with Crippen LogP contribution >= 0.6 is 0 Å². The maximum absolute atomic E-state index is 13.1. The lowest BCUT2D eigenvalue weighted by molar-refractivity contribution is -0.122. The zero-order chi connectivity index (χ0) is 24.3. The van der Waals surface area contributed by atoms with Crippen molar-refractivity contribution in [1.29, 1.82) is 0 Å². The standard InChI is InChI=1S/C26H33N3O4S/c1-19(34(32,33)24-8-9-25-22(17-24)10-15-29(25)20(2)30)16-26(31)27-23-11-13-28(14-12-23)18-21-6-4-3-5-7-21/h3-9,17,19,23H,10-16,18H2,1-2H3,(H,27,31). The maximum atomic E-state index is 13.1. The molecular weight excluding hydrogens is 450 g/mol. The number of sulfone groups is 1. The van der Waals surface area contributed by atoms with Gasteiger partial charge < -0.3 is 10.2 Å². The first-order valence-corrected chi connectivity index (χ1v) is 13.5. The van der Waals surface area contributed by atoms with Gasteiger partial charge in [0.2, 0.25) is 11.8 Å². The summed E-state index contributed by atoms with van der Waals surface area (Å²) in [6.07, 6.45) is 2.29. The van der Waals surface area contributed by atoms with Gasteiger partial charge in [-0.15, -0.1) is 0 Å². The van der Waals surface area contributed by atoms with Gasteiger partial charge >= 0.3 is 0 Å². The van der Waals surface area contributed by atoms with E-state index in [9.17, 15) is 18.0 Å². The summed E-state index contributed by atoms with van der Waals surface area (Å²) in [5.74, 6) is -0.271. The Labute approximate surface area is 202 Å². The van der Waals surface area contributed by atoms with Crippen molar-refractivity contribution in [2.75, 3.05) is 24.5 Å². The summed E-state index contributed by atoms with van der Waals surface area (Å²) in [5.41, 5.74) is 2.91. The Morgan fingerprint density at radius 2 is 1.76 bits per heavy atom. The number of anilines is 1. The van der Waals surface area contributed by atoms with Crippen molar-refractivity contribution in [3.05, 3.63) is 59.7 Å². The molecule has 2 aromatic carbocycles. The number of nitrogens with zero attached hydrogens (tertiary/aromatic N) is 2. The Kier molecular flexibility index (Phi) is 7.38. The predicted octanol–water partition coefficient (Wildman–Crippen LogP) is 2.93. The highest BCUT2D eigenvalue weighted by atomic mass is 32.2. The summed E-state index contributed by atoms with van der Waals surface area (Å²) in [6, 6.07) is 15.3. The van der Waals surface area contributed by atoms with Crippen LogP contribution in [0.5, 0.6) is 0 Å². The molecule has 0 spiro atoms. The first-order chi connectivity index (χ1) is 16.2. The number of carbonyl (C=O) groups is 2. The third-order valence-corrected chi connectivity index (χ3v) is 9.00. The van der Waals surface area contributed by atoms with E-state index in [-0.39, 0.29) is 29.2 Å². The number of amides is 2. The van der Waals surface area contributed by atoms with E-state index in [1.807, 2.05) is 18.2 Å². The van der Waals surface area contributed by atoms with Crippen molar-refractivity contribution in [1.82, 2.24) is 10.2 Å². The molecule has 4 rings (SSSR count). The van der Waals surface area contributed by atoms with Crippen LogP contribution in [-0.2, 0) is 32.4 Å². The van der Waals surface area contributed by atoms with Gasteiger partial charge in [0.25, 0.3) is 0 Å². The molecule has 1 fully saturated rings. The number of rotatable bonds is 7. The van der Waals surface area contributed by atoms with Crippen LogP contribution in [-0.4, -0.2) is 56.1 Å². The number of nitrogens with one attached hydrogen (secondary N) is 1. The highest BCUT2D eigenvalue weighted by Crippen LogP contribution is 2.31. The summed E-state index contributed by atoms with van der Waals surface area (Å²) < 4.78 is 26.2. The van der Waals surface area contributed by atoms with Gasteiger partial charge in [-0.3, -0.25) is 14.5 Å². The molecule has 0 saturated carbocycles. The largest absolute Gasteiger partial charge is 0.353 e. The molecule has 1 saturated heterocycles. The average molecular weight is 484 g/mol. The van der Waals surface area contributed by atoms with Crippen LogP contribution in [0.15, 0.2) is 53.4 Å². The minimum absolute atomic E-state index is 0.0507. The van der Waals surface area contributed by atoms with Crippen LogP contribution in [0.1, 0.15) is 44.2 Å². The normalized spacial score (nSPS) is 17.9. The van der Waals surface area contributed by atoms with E-state index in [1.165, 1.54) is 12.5 Å². The third kappa shape index (κ3) is 5.50. The van der Waals surface area contributed by atoms with Crippen molar-refractivity contribution in [2.45, 2.75) is 62.3 Å². The second-order valence-corrected chi connectivity index (χ2v) is 11.7. The van der Waals surface area contributed by atoms with Gasteiger partial charge in [0, 0.05) is 51.3 Å². The first kappa shape index (κ1) is 24.4. The van der Waals surface area contributed by atoms with E-state index in [0.29, 0.717) is 13.0 Å². The Bertz CT molecular complexity index is 1140. The lowest BCUT2D eigenvalue weighted by Crippen LogP contribution is -2.45. The molecule has 0 bridgehead atoms. The molecule has 8 heteroatoms. The molecule has 2 aromatic rings. The fraction of sp³-hybridized carbons (Fsp3) is 0.462. The number of fused-ring (bicyclic) bond motifs is 1. The summed E-state index contributed by atoms with van der Waals surface area (Å²) in [4.78, 5) is 28.6. The smallest absolute Gasteiger partial charge is 0.223 e. The minimum Gasteiger partial charge on any atom is -0.353 e. The van der Waals surface area contributed by atoms with Crippen molar-refractivity contribution < 1.29 is 18.0 Å². The zero-order valence-corrected chi connectivity index (χ0v) is 20.7. The highest BCUT2D eigenvalue weighted by molar-refractivity contribution is 7.92. The molecule has 0 aromatic heterocycles. The summed E-state index contributed by atoms with van der Waals surface area (Å²) in [7, 11) is -3.65. The second kappa shape index (κ2) is 10.3. The number of piperidine rings is 1. The molecule has 1 atom stereocenters. The van der Waals surface area contributed by atoms with E-state index in [4.69, 9.17) is 0 Å². The van der Waals surface area contributed by atoms with Gasteiger partial charge in [0.15, 0.2) is 9.84 Å². The molecular formula is C26H33N3O4S. The van der Waals surface area contributed by atoms with Gasteiger partial charge in [-0.05, 0) is 55.5 Å². The fourth-order valence-electron chi connectivity index (χ4n) is 4.85. The molecule has 0 aliphatic carbocycles. The van der Waals surface area contributed by atoms with Crippen LogP contribution in [0.25, 0.3) is 0 Å². The molecule has 2 heterocycles. The average Bonchev–Trinajstić information content (AvgIpc) is 3.25. The molecule has 7 nitrogen and oxygen atoms in total. The number of hydrogen-bond donors (Lipinski definition) is 1. The van der Waals surface area contributed by atoms with E-state index >= 15 is 0 Å². The van der Waals surface area contributed by atoms with E-state index in [0.717, 1.165) is 43.7 Å². The monoisotopic (exact) mass is 483 g/mol. The van der Waals surface area contributed by atoms with E-state index in [1.54, 1.807) is 30.0 Å². The molecule has 182 valence electrons. The Morgan fingerprint density at radius 3 is 2.44 bits per heavy atom. The van der Waals surface area contributed by atoms with Crippen LogP contribution in [0.4, 0.5) is 5.69 Å². The quantitative estimate of drug-likeness (QED) is 0.654. The molecule has 0 radical (unpaired) electrons. The lowest BCUT2D eigenvalue weighted by Gasteiger charge is -2.32. The molecule has 34 heavy (non-hydrogen) atoms. The Balaban J connectivity index is 1.29. The topological polar surface area (TPSA) is 86.8 Å². The van der Waals surface area contributed by atoms with E-state index in [2.05, 4.69) is 22.3 Å². The maximum Gasteiger partial charge on any atom is 0.223 e. The molecule has 2 aliphatic heterocycles. The molecule has 2 amide bonds. The van der Waals surface area contributed by atoms with Crippen LogP contribution in [0.3, 0.4) is 0 Å². The summed E-state index contributed by atoms with van der Waals surface area (Å²) in [6.45, 7) is 6.37. The second-order valence-electron chi connectivity index (χ2n) is 9.37. The van der Waals surface area contributed by atoms with Crippen LogP contribution < -0.4 is 10.2 Å². The molecule has 2 aliphatic rings. The van der Waals surface area contributed by atoms with Gasteiger partial charge in [-0.2, -0.15) is 0 Å². The van der Waals surface area contributed by atoms with Crippen LogP contribution in [0, 0.1) is 0 Å². The highest BCUT2D eigenvalue weighted by Gasteiger charge is 2.30. The number of carbonyl (C=O) groups excluding carboxylic acids is 2. The minimum atomic E-state index is -3.65.